The van der Waals surface area contributed by atoms with Crippen LogP contribution in [-0.2, 0) is 124 Å². The van der Waals surface area contributed by atoms with Crippen LogP contribution in [0.4, 0.5) is 0 Å². The van der Waals surface area contributed by atoms with E-state index in [0.29, 0.717) is 13.2 Å². The van der Waals surface area contributed by atoms with Gasteiger partial charge in [-0.25, -0.2) is 0 Å². The predicted molar refractivity (Wildman–Crippen MR) is 342 cm³/mol. The van der Waals surface area contributed by atoms with Crippen molar-refractivity contribution in [3.05, 3.63) is 287 Å². The van der Waals surface area contributed by atoms with Gasteiger partial charge in [-0.2, -0.15) is 0 Å². The largest absolute Gasteiger partial charge is 0.377 e. The van der Waals surface area contributed by atoms with Crippen LogP contribution in [0.5, 0.6) is 0 Å². The van der Waals surface area contributed by atoms with Gasteiger partial charge in [0.25, 0.3) is 0 Å². The highest BCUT2D eigenvalue weighted by molar-refractivity contribution is 5.20. The van der Waals surface area contributed by atoms with Gasteiger partial charge >= 0.3 is 0 Å². The Morgan fingerprint density at radius 1 is 0.264 bits per heavy atom. The van der Waals surface area contributed by atoms with Crippen molar-refractivity contribution < 1.29 is 71.1 Å². The summed E-state index contributed by atoms with van der Waals surface area (Å²) in [6.07, 6.45) is -7.37. The molecule has 3 heterocycles. The Kier molecular flexibility index (Phi) is 25.4. The third-order valence-electron chi connectivity index (χ3n) is 16.2. The standard InChI is InChI=1S/C76H84O15/c1-9-25-59(26-10-1)47-80-55-67-69(82-49-61-29-13-3-14-30-61)71(84-51-63-33-17-5-18-34-63)73(86-53-65-37-21-7-22-38-65)75(90-67)57-79-44-43-77-41-42-78-45-46-88-76(58-89-75)74(87-54-66-39-23-8-24-40-66)72(85-52-64-35-19-6-20-36-64)70(83-50-62-31-15-4-16-32-62)68(91-76)56-81-48-60-27-11-2-12-28-60/h1-40,67-74H,41-58H2/t67-,68-,69+,70+,71+,72+,73-,74-,75+,76+/m1/s1. The fourth-order valence-corrected chi connectivity index (χ4v) is 11.5. The Hall–Kier alpha value is -6.84. The number of rotatable bonds is 26. The molecule has 0 N–H and O–H groups in total. The first-order chi connectivity index (χ1) is 45.1. The van der Waals surface area contributed by atoms with Gasteiger partial charge in [0.2, 0.25) is 11.6 Å². The van der Waals surface area contributed by atoms with Gasteiger partial charge in [0.15, 0.2) is 0 Å². The average Bonchev–Trinajstić information content (AvgIpc) is 0.803. The molecule has 15 heteroatoms. The van der Waals surface area contributed by atoms with Gasteiger partial charge in [0.05, 0.1) is 106 Å². The molecule has 3 aliphatic heterocycles. The van der Waals surface area contributed by atoms with Gasteiger partial charge in [0.1, 0.15) is 62.0 Å². The van der Waals surface area contributed by atoms with Gasteiger partial charge in [-0.15, -0.1) is 0 Å². The molecule has 0 amide bonds. The minimum atomic E-state index is -1.86. The summed E-state index contributed by atoms with van der Waals surface area (Å²) in [7, 11) is 0. The van der Waals surface area contributed by atoms with Crippen molar-refractivity contribution >= 4 is 0 Å². The Labute approximate surface area is 535 Å². The molecule has 0 aliphatic carbocycles. The monoisotopic (exact) mass is 1240 g/mol. The van der Waals surface area contributed by atoms with Gasteiger partial charge < -0.3 is 71.1 Å². The first-order valence-electron chi connectivity index (χ1n) is 31.6. The highest BCUT2D eigenvalue weighted by atomic mass is 16.8. The van der Waals surface area contributed by atoms with Crippen molar-refractivity contribution in [1.29, 1.82) is 0 Å². The second kappa shape index (κ2) is 35.3. The fraction of sp³-hybridized carbons (Fsp3) is 0.368. The summed E-state index contributed by atoms with van der Waals surface area (Å²) >= 11 is 0. The molecule has 3 fully saturated rings. The van der Waals surface area contributed by atoms with E-state index in [2.05, 4.69) is 0 Å². The van der Waals surface area contributed by atoms with Gasteiger partial charge in [-0.3, -0.25) is 0 Å². The van der Waals surface area contributed by atoms with Crippen molar-refractivity contribution in [2.45, 2.75) is 113 Å². The molecule has 8 aromatic carbocycles. The third-order valence-corrected chi connectivity index (χ3v) is 16.2. The van der Waals surface area contributed by atoms with Gasteiger partial charge in [0, 0.05) is 0 Å². The minimum Gasteiger partial charge on any atom is -0.377 e. The van der Waals surface area contributed by atoms with Crippen LogP contribution in [0.3, 0.4) is 0 Å². The first kappa shape index (κ1) is 65.6. The Balaban J connectivity index is 1.06. The molecule has 478 valence electrons. The summed E-state index contributed by atoms with van der Waals surface area (Å²) in [5.74, 6) is -3.71. The van der Waals surface area contributed by atoms with E-state index in [-0.39, 0.29) is 106 Å². The molecule has 91 heavy (non-hydrogen) atoms. The van der Waals surface area contributed by atoms with E-state index in [0.717, 1.165) is 44.5 Å². The normalized spacial score (nSPS) is 25.1. The van der Waals surface area contributed by atoms with Crippen LogP contribution in [0.15, 0.2) is 243 Å². The molecule has 3 aliphatic rings. The predicted octanol–water partition coefficient (Wildman–Crippen LogP) is 12.2. The second-order valence-electron chi connectivity index (χ2n) is 22.8. The molecule has 0 unspecified atom stereocenters. The van der Waals surface area contributed by atoms with Gasteiger partial charge in [-0.05, 0) is 44.5 Å². The van der Waals surface area contributed by atoms with E-state index in [1.807, 2.05) is 243 Å². The zero-order valence-electron chi connectivity index (χ0n) is 51.6. The minimum absolute atomic E-state index is 0.0273. The molecule has 10 atom stereocenters. The Bertz CT molecular complexity index is 3020. The second-order valence-corrected chi connectivity index (χ2v) is 22.8. The number of hydrogen-bond acceptors (Lipinski definition) is 15. The number of benzene rings is 8. The van der Waals surface area contributed by atoms with Crippen LogP contribution in [0.1, 0.15) is 44.5 Å². The van der Waals surface area contributed by atoms with Crippen LogP contribution >= 0.6 is 0 Å². The van der Waals surface area contributed by atoms with Crippen LogP contribution in [0.25, 0.3) is 0 Å². The lowest BCUT2D eigenvalue weighted by Gasteiger charge is -2.55. The third kappa shape index (κ3) is 19.4. The lowest BCUT2D eigenvalue weighted by Crippen LogP contribution is -2.73. The molecule has 2 spiro atoms. The van der Waals surface area contributed by atoms with Crippen LogP contribution in [0.2, 0.25) is 0 Å². The van der Waals surface area contributed by atoms with Crippen molar-refractivity contribution in [3.8, 4) is 0 Å². The highest BCUT2D eigenvalue weighted by Crippen LogP contribution is 2.43. The van der Waals surface area contributed by atoms with Crippen LogP contribution in [-0.4, -0.2) is 126 Å². The van der Waals surface area contributed by atoms with Gasteiger partial charge in [-0.1, -0.05) is 243 Å². The molecule has 0 saturated carbocycles. The fourth-order valence-electron chi connectivity index (χ4n) is 11.5. The summed E-state index contributed by atoms with van der Waals surface area (Å²) in [6, 6.07) is 80.2. The van der Waals surface area contributed by atoms with Crippen molar-refractivity contribution in [3.63, 3.8) is 0 Å². The highest BCUT2D eigenvalue weighted by Gasteiger charge is 2.63. The average molecular weight is 1240 g/mol. The number of ether oxygens (including phenoxy) is 15. The Morgan fingerprint density at radius 2 is 0.527 bits per heavy atom. The van der Waals surface area contributed by atoms with E-state index in [1.54, 1.807) is 0 Å². The summed E-state index contributed by atoms with van der Waals surface area (Å²) in [4.78, 5) is 0. The molecular formula is C76H84O15. The first-order valence-corrected chi connectivity index (χ1v) is 31.6. The summed E-state index contributed by atoms with van der Waals surface area (Å²) in [5.41, 5.74) is 7.58. The van der Waals surface area contributed by atoms with Crippen LogP contribution < -0.4 is 0 Å². The molecule has 0 aromatic heterocycles. The molecular weight excluding hydrogens is 1150 g/mol. The lowest BCUT2D eigenvalue weighted by atomic mass is 9.90. The van der Waals surface area contributed by atoms with Crippen molar-refractivity contribution in [2.75, 3.05) is 66.1 Å². The lowest BCUT2D eigenvalue weighted by molar-refractivity contribution is -0.434. The summed E-state index contributed by atoms with van der Waals surface area (Å²) < 4.78 is 107. The summed E-state index contributed by atoms with van der Waals surface area (Å²) in [6.45, 7) is 2.42. The maximum Gasteiger partial charge on any atom is 0.222 e. The van der Waals surface area contributed by atoms with Crippen LogP contribution in [0, 0.1) is 0 Å². The Morgan fingerprint density at radius 3 is 0.857 bits per heavy atom. The van der Waals surface area contributed by atoms with E-state index >= 15 is 0 Å². The quantitative estimate of drug-likeness (QED) is 0.0508. The maximum absolute atomic E-state index is 7.80. The van der Waals surface area contributed by atoms with E-state index < -0.39 is 60.4 Å². The van der Waals surface area contributed by atoms with E-state index in [1.165, 1.54) is 0 Å². The van der Waals surface area contributed by atoms with E-state index in [4.69, 9.17) is 71.1 Å². The van der Waals surface area contributed by atoms with E-state index in [9.17, 15) is 0 Å². The zero-order valence-corrected chi connectivity index (χ0v) is 51.6. The maximum atomic E-state index is 7.80. The smallest absolute Gasteiger partial charge is 0.222 e. The molecule has 11 rings (SSSR count). The zero-order chi connectivity index (χ0) is 61.9. The SMILES string of the molecule is c1ccc(COC[C@H]2O[C@@]3(COCCOCCOCCO[C@@]4(CO3)O[C@H](COCc3ccccc3)[C@H](OCc3ccccc3)[C@H](OCc3ccccc3)[C@H]4OCc3ccccc3)[C@H](OCc3ccccc3)[C@@H](OCc3ccccc3)[C@H]2OCc2ccccc2)cc1. The summed E-state index contributed by atoms with van der Waals surface area (Å²) in [5, 5.41) is 0. The molecule has 0 bridgehead atoms. The van der Waals surface area contributed by atoms with Crippen molar-refractivity contribution in [2.24, 2.45) is 0 Å². The topological polar surface area (TPSA) is 138 Å². The molecule has 3 saturated heterocycles. The molecule has 8 aromatic rings. The molecule has 15 nitrogen and oxygen atoms in total. The van der Waals surface area contributed by atoms with Crippen molar-refractivity contribution in [1.82, 2.24) is 0 Å². The molecule has 0 radical (unpaired) electrons. The number of hydrogen-bond donors (Lipinski definition) is 0.